The maximum absolute atomic E-state index is 11.3. The van der Waals surface area contributed by atoms with Crippen molar-refractivity contribution in [2.45, 2.75) is 52.1 Å². The van der Waals surface area contributed by atoms with E-state index < -0.39 is 9.84 Å². The number of hydrogen-bond donors (Lipinski definition) is 0. The molecule has 0 aromatic rings. The van der Waals surface area contributed by atoms with Crippen LogP contribution in [-0.2, 0) is 9.84 Å². The van der Waals surface area contributed by atoms with Crippen LogP contribution in [0.2, 0.25) is 0 Å². The first kappa shape index (κ1) is 14.0. The molecule has 16 heavy (non-hydrogen) atoms. The lowest BCUT2D eigenvalue weighted by atomic mass is 9.81. The van der Waals surface area contributed by atoms with Crippen LogP contribution in [0, 0.1) is 5.92 Å². The average molecular weight is 247 g/mol. The van der Waals surface area contributed by atoms with Gasteiger partial charge in [-0.15, -0.1) is 0 Å². The molecule has 0 saturated carbocycles. The molecule has 0 unspecified atom stereocenters. The zero-order valence-electron chi connectivity index (χ0n) is 11.2. The third-order valence-corrected chi connectivity index (χ3v) is 5.37. The van der Waals surface area contributed by atoms with Gasteiger partial charge in [0.15, 0.2) is 0 Å². The molecule has 0 aliphatic carbocycles. The molecule has 0 spiro atoms. The summed E-state index contributed by atoms with van der Waals surface area (Å²) in [7, 11) is -2.83. The number of rotatable bonds is 5. The van der Waals surface area contributed by atoms with E-state index in [0.29, 0.717) is 17.7 Å². The Morgan fingerprint density at radius 3 is 2.12 bits per heavy atom. The van der Waals surface area contributed by atoms with Gasteiger partial charge in [0.25, 0.3) is 0 Å². The quantitative estimate of drug-likeness (QED) is 0.745. The summed E-state index contributed by atoms with van der Waals surface area (Å²) < 4.78 is 22.5. The highest BCUT2D eigenvalue weighted by Crippen LogP contribution is 2.36. The van der Waals surface area contributed by atoms with Gasteiger partial charge in [0.05, 0.1) is 5.75 Å². The van der Waals surface area contributed by atoms with Gasteiger partial charge in [-0.05, 0) is 26.7 Å². The fourth-order valence-electron chi connectivity index (χ4n) is 2.64. The van der Waals surface area contributed by atoms with Crippen molar-refractivity contribution in [3.63, 3.8) is 0 Å². The van der Waals surface area contributed by atoms with Crippen LogP contribution in [0.4, 0.5) is 0 Å². The third kappa shape index (κ3) is 2.77. The van der Waals surface area contributed by atoms with Crippen LogP contribution < -0.4 is 0 Å². The van der Waals surface area contributed by atoms with E-state index >= 15 is 0 Å². The van der Waals surface area contributed by atoms with Gasteiger partial charge < -0.3 is 0 Å². The van der Waals surface area contributed by atoms with Crippen LogP contribution in [0.5, 0.6) is 0 Å². The molecule has 96 valence electrons. The van der Waals surface area contributed by atoms with Crippen molar-refractivity contribution in [3.05, 3.63) is 0 Å². The first-order chi connectivity index (χ1) is 7.23. The topological polar surface area (TPSA) is 37.4 Å². The van der Waals surface area contributed by atoms with Crippen LogP contribution in [0.15, 0.2) is 0 Å². The fourth-order valence-corrected chi connectivity index (χ4v) is 3.80. The first-order valence-corrected chi connectivity index (χ1v) is 8.24. The Balaban J connectivity index is 2.61. The highest BCUT2D eigenvalue weighted by Gasteiger charge is 2.44. The lowest BCUT2D eigenvalue weighted by molar-refractivity contribution is -0.0560. The van der Waals surface area contributed by atoms with Gasteiger partial charge in [-0.1, -0.05) is 13.8 Å². The van der Waals surface area contributed by atoms with Gasteiger partial charge >= 0.3 is 0 Å². The summed E-state index contributed by atoms with van der Waals surface area (Å²) in [4.78, 5) is 2.46. The van der Waals surface area contributed by atoms with Gasteiger partial charge in [-0.3, -0.25) is 4.90 Å². The van der Waals surface area contributed by atoms with Gasteiger partial charge in [-0.25, -0.2) is 8.42 Å². The van der Waals surface area contributed by atoms with Crippen molar-refractivity contribution in [2.75, 3.05) is 18.6 Å². The van der Waals surface area contributed by atoms with Crippen LogP contribution >= 0.6 is 0 Å². The Hall–Kier alpha value is -0.0900. The molecule has 1 rings (SSSR count). The molecule has 3 nitrogen and oxygen atoms in total. The summed E-state index contributed by atoms with van der Waals surface area (Å²) in [5.74, 6) is 0.668. The Bertz CT molecular complexity index is 333. The normalized spacial score (nSPS) is 27.8. The van der Waals surface area contributed by atoms with Crippen molar-refractivity contribution in [1.82, 2.24) is 4.90 Å². The van der Waals surface area contributed by atoms with E-state index in [-0.39, 0.29) is 5.54 Å². The van der Waals surface area contributed by atoms with Crippen molar-refractivity contribution in [3.8, 4) is 0 Å². The van der Waals surface area contributed by atoms with E-state index in [0.717, 1.165) is 19.4 Å². The van der Waals surface area contributed by atoms with Crippen molar-refractivity contribution < 1.29 is 8.42 Å². The molecule has 0 aromatic carbocycles. The maximum Gasteiger partial charge on any atom is 0.147 e. The smallest absolute Gasteiger partial charge is 0.147 e. The van der Waals surface area contributed by atoms with E-state index in [1.165, 1.54) is 6.26 Å². The predicted octanol–water partition coefficient (Wildman–Crippen LogP) is 1.93. The second kappa shape index (κ2) is 4.65. The van der Waals surface area contributed by atoms with Gasteiger partial charge in [0, 0.05) is 30.3 Å². The molecular formula is C12H25NO2S. The zero-order valence-corrected chi connectivity index (χ0v) is 12.0. The summed E-state index contributed by atoms with van der Waals surface area (Å²) in [5, 5.41) is 0. The first-order valence-electron chi connectivity index (χ1n) is 6.18. The predicted molar refractivity (Wildman–Crippen MR) is 68.4 cm³/mol. The highest BCUT2D eigenvalue weighted by molar-refractivity contribution is 7.90. The Morgan fingerprint density at radius 2 is 1.81 bits per heavy atom. The summed E-state index contributed by atoms with van der Waals surface area (Å²) in [6.07, 6.45) is 3.58. The van der Waals surface area contributed by atoms with E-state index in [1.807, 2.05) is 0 Å². The Labute approximate surface area is 100 Å². The van der Waals surface area contributed by atoms with Gasteiger partial charge in [0.1, 0.15) is 9.84 Å². The molecule has 1 aliphatic rings. The number of nitrogens with zero attached hydrogens (tertiary/aromatic N) is 1. The van der Waals surface area contributed by atoms with Crippen molar-refractivity contribution in [2.24, 2.45) is 5.92 Å². The van der Waals surface area contributed by atoms with Crippen LogP contribution in [0.25, 0.3) is 0 Å². The van der Waals surface area contributed by atoms with Gasteiger partial charge in [0.2, 0.25) is 0 Å². The second-order valence-electron chi connectivity index (χ2n) is 5.45. The average Bonchev–Trinajstić information content (AvgIpc) is 2.21. The molecule has 0 radical (unpaired) electrons. The molecule has 1 aliphatic heterocycles. The van der Waals surface area contributed by atoms with E-state index in [4.69, 9.17) is 0 Å². The van der Waals surface area contributed by atoms with Crippen LogP contribution in [0.3, 0.4) is 0 Å². The summed E-state index contributed by atoms with van der Waals surface area (Å²) in [6.45, 7) is 9.79. The lowest BCUT2D eigenvalue weighted by Gasteiger charge is -2.55. The zero-order chi connectivity index (χ0) is 12.6. The summed E-state index contributed by atoms with van der Waals surface area (Å²) in [5.41, 5.74) is 0.243. The van der Waals surface area contributed by atoms with E-state index in [2.05, 4.69) is 32.6 Å². The number of sulfone groups is 1. The molecule has 0 amide bonds. The SMILES string of the molecule is CCC(C)(CC)N1C[C@H](CS(C)(=O)=O)[C@H]1C. The van der Waals surface area contributed by atoms with Crippen molar-refractivity contribution >= 4 is 9.84 Å². The molecule has 1 heterocycles. The van der Waals surface area contributed by atoms with E-state index in [1.54, 1.807) is 0 Å². The highest BCUT2D eigenvalue weighted by atomic mass is 32.2. The fraction of sp³-hybridized carbons (Fsp3) is 1.00. The molecule has 0 aromatic heterocycles. The minimum Gasteiger partial charge on any atom is -0.295 e. The molecule has 1 fully saturated rings. The lowest BCUT2D eigenvalue weighted by Crippen LogP contribution is -2.64. The van der Waals surface area contributed by atoms with Crippen LogP contribution in [-0.4, -0.2) is 43.5 Å². The Kier molecular flexibility index (Phi) is 4.06. The van der Waals surface area contributed by atoms with E-state index in [9.17, 15) is 8.42 Å². The standard InChI is InChI=1S/C12H25NO2S/c1-6-12(4,7-2)13-8-11(10(13)3)9-16(5,14)15/h10-11H,6-9H2,1-5H3/t10-,11-/m1/s1. The molecule has 0 bridgehead atoms. The molecular weight excluding hydrogens is 222 g/mol. The second-order valence-corrected chi connectivity index (χ2v) is 7.63. The van der Waals surface area contributed by atoms with Crippen LogP contribution in [0.1, 0.15) is 40.5 Å². The number of likely N-dealkylation sites (tertiary alicyclic amines) is 1. The van der Waals surface area contributed by atoms with Crippen molar-refractivity contribution in [1.29, 1.82) is 0 Å². The molecule has 2 atom stereocenters. The third-order valence-electron chi connectivity index (χ3n) is 4.34. The monoisotopic (exact) mass is 247 g/mol. The minimum atomic E-state index is -2.83. The van der Waals surface area contributed by atoms with Gasteiger partial charge in [-0.2, -0.15) is 0 Å². The molecule has 0 N–H and O–H groups in total. The molecule has 4 heteroatoms. The molecule has 1 saturated heterocycles. The summed E-state index contributed by atoms with van der Waals surface area (Å²) in [6, 6.07) is 0.402. The minimum absolute atomic E-state index is 0.243. The summed E-state index contributed by atoms with van der Waals surface area (Å²) >= 11 is 0. The Morgan fingerprint density at radius 1 is 1.31 bits per heavy atom. The maximum atomic E-state index is 11.3. The number of hydrogen-bond acceptors (Lipinski definition) is 3. The largest absolute Gasteiger partial charge is 0.295 e.